The van der Waals surface area contributed by atoms with Crippen molar-refractivity contribution in [1.82, 2.24) is 0 Å². The van der Waals surface area contributed by atoms with Crippen LogP contribution in [-0.4, -0.2) is 25.3 Å². The minimum atomic E-state index is 0.317. The molecule has 0 atom stereocenters. The molecule has 0 N–H and O–H groups in total. The Labute approximate surface area is 92.2 Å². The zero-order valence-corrected chi connectivity index (χ0v) is 9.67. The molecule has 0 radical (unpaired) electrons. The van der Waals surface area contributed by atoms with Crippen LogP contribution in [0.3, 0.4) is 0 Å². The fourth-order valence-corrected chi connectivity index (χ4v) is 1.35. The van der Waals surface area contributed by atoms with Crippen molar-refractivity contribution in [2.24, 2.45) is 0 Å². The van der Waals surface area contributed by atoms with E-state index in [-0.39, 0.29) is 0 Å². The Kier molecular flexibility index (Phi) is 10.8. The number of ketones is 1. The summed E-state index contributed by atoms with van der Waals surface area (Å²) < 4.78 is 5.18. The lowest BCUT2D eigenvalue weighted by atomic mass is 10.1. The van der Waals surface area contributed by atoms with Crippen LogP contribution in [0.5, 0.6) is 0 Å². The number of carbonyl (C=O) groups excluding carboxylic acids is 2. The van der Waals surface area contributed by atoms with E-state index in [1.54, 1.807) is 0 Å². The molecule has 88 valence electrons. The van der Waals surface area contributed by atoms with Crippen LogP contribution in [0.15, 0.2) is 0 Å². The number of ether oxygens (including phenoxy) is 1. The molecule has 0 fully saturated rings. The molecule has 0 aliphatic heterocycles. The molecule has 0 saturated heterocycles. The van der Waals surface area contributed by atoms with Crippen LogP contribution in [0, 0.1) is 0 Å². The van der Waals surface area contributed by atoms with Gasteiger partial charge < -0.3 is 9.53 Å². The fraction of sp³-hybridized carbons (Fsp3) is 0.833. The van der Waals surface area contributed by atoms with Gasteiger partial charge >= 0.3 is 0 Å². The smallest absolute Gasteiger partial charge is 0.132 e. The van der Waals surface area contributed by atoms with Crippen molar-refractivity contribution in [1.29, 1.82) is 0 Å². The Morgan fingerprint density at radius 1 is 1.13 bits per heavy atom. The minimum absolute atomic E-state index is 0.317. The van der Waals surface area contributed by atoms with Crippen LogP contribution in [0.4, 0.5) is 0 Å². The van der Waals surface area contributed by atoms with Crippen LogP contribution < -0.4 is 0 Å². The number of unbranched alkanes of at least 4 members (excludes halogenated alkanes) is 3. The normalized spacial score (nSPS) is 10.2. The number of hydrogen-bond donors (Lipinski definition) is 0. The van der Waals surface area contributed by atoms with E-state index in [1.807, 2.05) is 6.92 Å². The summed E-state index contributed by atoms with van der Waals surface area (Å²) in [5.74, 6) is 0.317. The predicted molar refractivity (Wildman–Crippen MR) is 59.9 cm³/mol. The molecule has 0 rings (SSSR count). The van der Waals surface area contributed by atoms with E-state index in [0.29, 0.717) is 25.0 Å². The summed E-state index contributed by atoms with van der Waals surface area (Å²) in [6.45, 7) is 3.48. The maximum absolute atomic E-state index is 11.3. The van der Waals surface area contributed by atoms with Gasteiger partial charge in [0.05, 0.1) is 0 Å². The summed E-state index contributed by atoms with van der Waals surface area (Å²) in [5.41, 5.74) is 0. The molecule has 0 heterocycles. The fourth-order valence-electron chi connectivity index (χ4n) is 1.35. The first-order valence-corrected chi connectivity index (χ1v) is 5.84. The van der Waals surface area contributed by atoms with Crippen LogP contribution in [0.1, 0.15) is 51.9 Å². The lowest BCUT2D eigenvalue weighted by molar-refractivity contribution is -0.119. The number of Topliss-reactive ketones (excluding diaryl/α,β-unsaturated/α-hetero) is 1. The van der Waals surface area contributed by atoms with Gasteiger partial charge in [-0.2, -0.15) is 0 Å². The van der Waals surface area contributed by atoms with E-state index >= 15 is 0 Å². The van der Waals surface area contributed by atoms with Gasteiger partial charge in [0.15, 0.2) is 0 Å². The van der Waals surface area contributed by atoms with Gasteiger partial charge in [-0.05, 0) is 32.6 Å². The highest BCUT2D eigenvalue weighted by atomic mass is 16.5. The topological polar surface area (TPSA) is 43.4 Å². The Morgan fingerprint density at radius 2 is 1.80 bits per heavy atom. The lowest BCUT2D eigenvalue weighted by Gasteiger charge is -2.01. The van der Waals surface area contributed by atoms with Crippen molar-refractivity contribution in [3.05, 3.63) is 0 Å². The Hall–Kier alpha value is -0.700. The van der Waals surface area contributed by atoms with Crippen LogP contribution >= 0.6 is 0 Å². The van der Waals surface area contributed by atoms with E-state index in [0.717, 1.165) is 45.2 Å². The van der Waals surface area contributed by atoms with Crippen molar-refractivity contribution < 1.29 is 14.3 Å². The molecule has 0 aliphatic carbocycles. The molecule has 0 aromatic rings. The zero-order chi connectivity index (χ0) is 11.4. The van der Waals surface area contributed by atoms with E-state index < -0.39 is 0 Å². The molecule has 3 heteroatoms. The maximum atomic E-state index is 11.3. The van der Waals surface area contributed by atoms with E-state index in [1.165, 1.54) is 0 Å². The Morgan fingerprint density at radius 3 is 2.40 bits per heavy atom. The van der Waals surface area contributed by atoms with Crippen LogP contribution in [-0.2, 0) is 14.3 Å². The molecule has 0 unspecified atom stereocenters. The number of hydrogen-bond acceptors (Lipinski definition) is 3. The third-order valence-corrected chi connectivity index (χ3v) is 2.23. The van der Waals surface area contributed by atoms with Gasteiger partial charge in [0.25, 0.3) is 0 Å². The van der Waals surface area contributed by atoms with Gasteiger partial charge in [0.1, 0.15) is 12.1 Å². The SMILES string of the molecule is CCOCCCCC(=O)CCCCC=O. The third kappa shape index (κ3) is 11.2. The van der Waals surface area contributed by atoms with Crippen LogP contribution in [0.2, 0.25) is 0 Å². The maximum Gasteiger partial charge on any atom is 0.132 e. The largest absolute Gasteiger partial charge is 0.382 e. The van der Waals surface area contributed by atoms with Gasteiger partial charge in [0, 0.05) is 32.5 Å². The van der Waals surface area contributed by atoms with Crippen molar-refractivity contribution >= 4 is 12.1 Å². The van der Waals surface area contributed by atoms with Crippen molar-refractivity contribution in [2.45, 2.75) is 51.9 Å². The number of aldehydes is 1. The van der Waals surface area contributed by atoms with E-state index in [4.69, 9.17) is 4.74 Å². The zero-order valence-electron chi connectivity index (χ0n) is 9.67. The minimum Gasteiger partial charge on any atom is -0.382 e. The average Bonchev–Trinajstić information content (AvgIpc) is 2.24. The molecule has 0 aromatic carbocycles. The van der Waals surface area contributed by atoms with Gasteiger partial charge in [-0.3, -0.25) is 4.79 Å². The molecule has 0 aliphatic rings. The van der Waals surface area contributed by atoms with Crippen molar-refractivity contribution in [3.8, 4) is 0 Å². The molecular weight excluding hydrogens is 192 g/mol. The van der Waals surface area contributed by atoms with Crippen LogP contribution in [0.25, 0.3) is 0 Å². The number of rotatable bonds is 11. The highest BCUT2D eigenvalue weighted by Crippen LogP contribution is 2.04. The molecule has 0 bridgehead atoms. The van der Waals surface area contributed by atoms with Gasteiger partial charge in [-0.25, -0.2) is 0 Å². The summed E-state index contributed by atoms with van der Waals surface area (Å²) in [7, 11) is 0. The first-order valence-electron chi connectivity index (χ1n) is 5.84. The van der Waals surface area contributed by atoms with E-state index in [2.05, 4.69) is 0 Å². The van der Waals surface area contributed by atoms with Gasteiger partial charge in [-0.1, -0.05) is 0 Å². The molecule has 3 nitrogen and oxygen atoms in total. The van der Waals surface area contributed by atoms with Crippen molar-refractivity contribution in [2.75, 3.05) is 13.2 Å². The second-order valence-electron chi connectivity index (χ2n) is 3.61. The second-order valence-corrected chi connectivity index (χ2v) is 3.61. The van der Waals surface area contributed by atoms with E-state index in [9.17, 15) is 9.59 Å². The summed E-state index contributed by atoms with van der Waals surface area (Å²) >= 11 is 0. The summed E-state index contributed by atoms with van der Waals surface area (Å²) in [4.78, 5) is 21.3. The Bertz CT molecular complexity index is 166. The lowest BCUT2D eigenvalue weighted by Crippen LogP contribution is -2.00. The summed E-state index contributed by atoms with van der Waals surface area (Å²) in [6, 6.07) is 0. The first-order chi connectivity index (χ1) is 7.31. The highest BCUT2D eigenvalue weighted by molar-refractivity contribution is 5.78. The number of carbonyl (C=O) groups is 2. The second kappa shape index (κ2) is 11.4. The highest BCUT2D eigenvalue weighted by Gasteiger charge is 2.01. The van der Waals surface area contributed by atoms with Gasteiger partial charge in [0.2, 0.25) is 0 Å². The molecule has 15 heavy (non-hydrogen) atoms. The molecule has 0 saturated carbocycles. The third-order valence-electron chi connectivity index (χ3n) is 2.23. The molecule has 0 aromatic heterocycles. The van der Waals surface area contributed by atoms with Gasteiger partial charge in [-0.15, -0.1) is 0 Å². The summed E-state index contributed by atoms with van der Waals surface area (Å²) in [5, 5.41) is 0. The molecular formula is C12H22O3. The molecule has 0 spiro atoms. The monoisotopic (exact) mass is 214 g/mol. The van der Waals surface area contributed by atoms with Crippen molar-refractivity contribution in [3.63, 3.8) is 0 Å². The molecule has 0 amide bonds. The summed E-state index contributed by atoms with van der Waals surface area (Å²) in [6.07, 6.45) is 6.36. The average molecular weight is 214 g/mol. The Balaban J connectivity index is 3.15. The predicted octanol–water partition coefficient (Wildman–Crippen LogP) is 2.52. The standard InChI is InChI=1S/C12H22O3/c1-2-15-11-7-5-9-12(14)8-4-3-6-10-13/h10H,2-9,11H2,1H3. The first kappa shape index (κ1) is 14.3. The quantitative estimate of drug-likeness (QED) is 0.392.